The molecule has 0 spiro atoms. The smallest absolute Gasteiger partial charge is 0.139 e. The third kappa shape index (κ3) is 6.23. The lowest BCUT2D eigenvalue weighted by Crippen LogP contribution is -1.81. The predicted molar refractivity (Wildman–Crippen MR) is 212 cm³/mol. The Morgan fingerprint density at radius 1 is 0.231 bits per heavy atom. The summed E-state index contributed by atoms with van der Waals surface area (Å²) in [5.74, 6) is 0. The molecule has 0 aliphatic rings. The maximum atomic E-state index is 6.44. The van der Waals surface area contributed by atoms with Crippen LogP contribution in [0.5, 0.6) is 0 Å². The third-order valence-corrected chi connectivity index (χ3v) is 9.43. The summed E-state index contributed by atoms with van der Waals surface area (Å²) in [5, 5.41) is 0. The molecule has 0 saturated carbocycles. The van der Waals surface area contributed by atoms with Gasteiger partial charge in [0.1, 0.15) is 44.7 Å². The standard InChI is InChI=1S/C48H34O4/c1-31-3-7-33(8-4-31)35-11-15-37(16-12-35)47-43-27-23-39(49-43)19-21-41-25-29-45(51-41)48(38-17-13-36(14-18-38)34-9-5-32(2)6-10-34)46-30-26-42(52-46)22-20-40-24-28-44(47)50-40/h3-30H,1-2H3. The molecule has 0 aliphatic carbocycles. The summed E-state index contributed by atoms with van der Waals surface area (Å²) >= 11 is 0. The first-order chi connectivity index (χ1) is 25.5. The number of rotatable bonds is 4. The fraction of sp³-hybridized carbons (Fsp3) is 0.0417. The number of furan rings is 4. The van der Waals surface area contributed by atoms with Crippen LogP contribution >= 0.6 is 0 Å². The van der Waals surface area contributed by atoms with Crippen molar-refractivity contribution in [1.29, 1.82) is 0 Å². The number of fused-ring (bicyclic) bond motifs is 8. The van der Waals surface area contributed by atoms with Gasteiger partial charge < -0.3 is 17.7 Å². The van der Waals surface area contributed by atoms with Crippen LogP contribution in [0.3, 0.4) is 0 Å². The van der Waals surface area contributed by atoms with Crippen molar-refractivity contribution in [3.8, 4) is 44.5 Å². The van der Waals surface area contributed by atoms with Gasteiger partial charge in [-0.25, -0.2) is 0 Å². The molecule has 250 valence electrons. The summed E-state index contributed by atoms with van der Waals surface area (Å²) in [7, 11) is 0. The first kappa shape index (κ1) is 31.2. The van der Waals surface area contributed by atoms with E-state index in [1.807, 2.05) is 72.8 Å². The molecule has 4 heteroatoms. The van der Waals surface area contributed by atoms with Crippen molar-refractivity contribution >= 4 is 44.7 Å². The SMILES string of the molecule is Cc1ccc(-c2ccc(-c3c4ccc(ccc5ccc(o5)c(-c5ccc(-c6ccc(C)cc6)cc5)c5ccc(ccc6ccc3o6)o5)o4)cc2)cc1. The lowest BCUT2D eigenvalue weighted by Gasteiger charge is -2.05. The Morgan fingerprint density at radius 3 is 0.712 bits per heavy atom. The lowest BCUT2D eigenvalue weighted by atomic mass is 10.00. The van der Waals surface area contributed by atoms with Crippen LogP contribution in [0, 0.1) is 13.8 Å². The Hall–Kier alpha value is -6.78. The molecule has 4 nitrogen and oxygen atoms in total. The summed E-state index contributed by atoms with van der Waals surface area (Å²) < 4.78 is 25.8. The van der Waals surface area contributed by atoms with Gasteiger partial charge in [0.05, 0.1) is 11.1 Å². The lowest BCUT2D eigenvalue weighted by molar-refractivity contribution is 0.650. The highest BCUT2D eigenvalue weighted by molar-refractivity contribution is 5.93. The van der Waals surface area contributed by atoms with E-state index >= 15 is 0 Å². The van der Waals surface area contributed by atoms with Crippen LogP contribution in [0.4, 0.5) is 0 Å². The highest BCUT2D eigenvalue weighted by atomic mass is 16.4. The number of hydrogen-bond acceptors (Lipinski definition) is 4. The minimum absolute atomic E-state index is 0.695. The zero-order valence-electron chi connectivity index (χ0n) is 28.8. The molecule has 9 aromatic rings. The van der Waals surface area contributed by atoms with Crippen molar-refractivity contribution in [3.63, 3.8) is 0 Å². The summed E-state index contributed by atoms with van der Waals surface area (Å²) in [4.78, 5) is 0. The largest absolute Gasteiger partial charge is 0.457 e. The summed E-state index contributed by atoms with van der Waals surface area (Å²) in [6, 6.07) is 57.6. The maximum Gasteiger partial charge on any atom is 0.139 e. The molecular weight excluding hydrogens is 641 g/mol. The highest BCUT2D eigenvalue weighted by Crippen LogP contribution is 2.35. The van der Waals surface area contributed by atoms with Gasteiger partial charge in [0.2, 0.25) is 0 Å². The molecule has 0 unspecified atom stereocenters. The van der Waals surface area contributed by atoms with E-state index in [0.29, 0.717) is 44.7 Å². The van der Waals surface area contributed by atoms with Gasteiger partial charge in [-0.1, -0.05) is 108 Å². The van der Waals surface area contributed by atoms with Crippen LogP contribution in [-0.2, 0) is 0 Å². The summed E-state index contributed by atoms with van der Waals surface area (Å²) in [6.07, 6.45) is 0. The van der Waals surface area contributed by atoms with Gasteiger partial charge in [0.25, 0.3) is 0 Å². The Labute approximate surface area is 300 Å². The second kappa shape index (κ2) is 13.2. The van der Waals surface area contributed by atoms with E-state index in [2.05, 4.69) is 111 Å². The van der Waals surface area contributed by atoms with Crippen molar-refractivity contribution in [2.45, 2.75) is 13.8 Å². The molecule has 0 aliphatic heterocycles. The molecular formula is C48H34O4. The van der Waals surface area contributed by atoms with Gasteiger partial charge >= 0.3 is 0 Å². The second-order valence-corrected chi connectivity index (χ2v) is 13.1. The monoisotopic (exact) mass is 674 g/mol. The zero-order chi connectivity index (χ0) is 35.0. The fourth-order valence-electron chi connectivity index (χ4n) is 6.60. The Balaban J connectivity index is 1.19. The van der Waals surface area contributed by atoms with Crippen molar-refractivity contribution in [1.82, 2.24) is 0 Å². The Kier molecular flexibility index (Phi) is 7.90. The number of benzene rings is 4. The number of hydrogen-bond donors (Lipinski definition) is 0. The van der Waals surface area contributed by atoms with Crippen LogP contribution < -0.4 is 0 Å². The van der Waals surface area contributed by atoms with Crippen LogP contribution in [0.25, 0.3) is 89.2 Å². The van der Waals surface area contributed by atoms with E-state index in [-0.39, 0.29) is 0 Å². The Morgan fingerprint density at radius 2 is 0.442 bits per heavy atom. The summed E-state index contributed by atoms with van der Waals surface area (Å²) in [6.45, 7) is 4.20. The van der Waals surface area contributed by atoms with Crippen LogP contribution in [0.15, 0.2) is 188 Å². The van der Waals surface area contributed by atoms with Crippen molar-refractivity contribution < 1.29 is 17.7 Å². The second-order valence-electron chi connectivity index (χ2n) is 13.1. The van der Waals surface area contributed by atoms with E-state index in [9.17, 15) is 0 Å². The first-order valence-electron chi connectivity index (χ1n) is 17.4. The van der Waals surface area contributed by atoms with Gasteiger partial charge in [0, 0.05) is 0 Å². The average molecular weight is 675 g/mol. The molecule has 52 heavy (non-hydrogen) atoms. The molecule has 8 bridgehead atoms. The molecule has 5 aromatic heterocycles. The highest BCUT2D eigenvalue weighted by Gasteiger charge is 2.12. The molecule has 0 fully saturated rings. The summed E-state index contributed by atoms with van der Waals surface area (Å²) in [5.41, 5.74) is 16.4. The molecule has 4 aromatic carbocycles. The van der Waals surface area contributed by atoms with E-state index in [1.165, 1.54) is 22.3 Å². The quantitative estimate of drug-likeness (QED) is 0.186. The fourth-order valence-corrected chi connectivity index (χ4v) is 6.60. The molecule has 0 radical (unpaired) electrons. The van der Waals surface area contributed by atoms with Crippen molar-refractivity contribution in [2.24, 2.45) is 0 Å². The van der Waals surface area contributed by atoms with Gasteiger partial charge in [-0.05, 0) is 120 Å². The van der Waals surface area contributed by atoms with Crippen LogP contribution in [0.1, 0.15) is 11.1 Å². The Bertz CT molecular complexity index is 2520. The minimum atomic E-state index is 0.695. The normalized spacial score (nSPS) is 11.3. The predicted octanol–water partition coefficient (Wildman–Crippen LogP) is 14.2. The maximum absolute atomic E-state index is 6.44. The average Bonchev–Trinajstić information content (AvgIpc) is 4.01. The molecule has 0 atom stereocenters. The van der Waals surface area contributed by atoms with Gasteiger partial charge in [0.15, 0.2) is 0 Å². The van der Waals surface area contributed by atoms with E-state index < -0.39 is 0 Å². The van der Waals surface area contributed by atoms with Crippen molar-refractivity contribution in [2.75, 3.05) is 0 Å². The first-order valence-corrected chi connectivity index (χ1v) is 17.4. The van der Waals surface area contributed by atoms with Crippen LogP contribution in [-0.4, -0.2) is 0 Å². The topological polar surface area (TPSA) is 52.6 Å². The van der Waals surface area contributed by atoms with Gasteiger partial charge in [-0.3, -0.25) is 0 Å². The van der Waals surface area contributed by atoms with Crippen molar-refractivity contribution in [3.05, 3.63) is 181 Å². The molecule has 0 N–H and O–H groups in total. The van der Waals surface area contributed by atoms with Gasteiger partial charge in [-0.15, -0.1) is 0 Å². The molecule has 0 saturated heterocycles. The van der Waals surface area contributed by atoms with E-state index in [4.69, 9.17) is 17.7 Å². The molecule has 5 heterocycles. The molecule has 0 amide bonds. The molecule has 9 rings (SSSR count). The third-order valence-electron chi connectivity index (χ3n) is 9.43. The number of aryl methyl sites for hydroxylation is 2. The van der Waals surface area contributed by atoms with E-state index in [0.717, 1.165) is 33.4 Å². The van der Waals surface area contributed by atoms with Gasteiger partial charge in [-0.2, -0.15) is 0 Å². The van der Waals surface area contributed by atoms with E-state index in [1.54, 1.807) is 0 Å². The zero-order valence-corrected chi connectivity index (χ0v) is 28.8. The minimum Gasteiger partial charge on any atom is -0.457 e. The van der Waals surface area contributed by atoms with Crippen LogP contribution in [0.2, 0.25) is 0 Å².